The Morgan fingerprint density at radius 1 is 1.13 bits per heavy atom. The fourth-order valence-electron chi connectivity index (χ4n) is 2.45. The monoisotopic (exact) mass is 309 g/mol. The molecule has 3 heterocycles. The lowest BCUT2D eigenvalue weighted by molar-refractivity contribution is 0.607. The number of hydrogen-bond acceptors (Lipinski definition) is 5. The highest BCUT2D eigenvalue weighted by Gasteiger charge is 2.10. The molecule has 0 aliphatic heterocycles. The van der Waals surface area contributed by atoms with Gasteiger partial charge >= 0.3 is 0 Å². The predicted octanol–water partition coefficient (Wildman–Crippen LogP) is 1.78. The van der Waals surface area contributed by atoms with Crippen LogP contribution in [0.5, 0.6) is 0 Å². The minimum Gasteiger partial charge on any atom is -0.383 e. The normalized spacial score (nSPS) is 11.2. The number of anilines is 1. The molecule has 0 amide bonds. The lowest BCUT2D eigenvalue weighted by Gasteiger charge is -2.02. The van der Waals surface area contributed by atoms with Crippen molar-refractivity contribution in [1.82, 2.24) is 29.5 Å². The summed E-state index contributed by atoms with van der Waals surface area (Å²) in [6.07, 6.45) is 4.97. The molecule has 0 saturated carbocycles. The Kier molecular flexibility index (Phi) is 3.00. The zero-order valence-electron chi connectivity index (χ0n) is 12.0. The SMILES string of the molecule is Nc1ncnc2c1ccn2Cc1cn(-c2ccccc2F)nn1. The van der Waals surface area contributed by atoms with Crippen LogP contribution in [-0.4, -0.2) is 29.5 Å². The third-order valence-corrected chi connectivity index (χ3v) is 3.56. The fourth-order valence-corrected chi connectivity index (χ4v) is 2.45. The molecule has 0 spiro atoms. The third kappa shape index (κ3) is 2.30. The van der Waals surface area contributed by atoms with Crippen molar-refractivity contribution in [3.05, 3.63) is 60.6 Å². The summed E-state index contributed by atoms with van der Waals surface area (Å²) in [6, 6.07) is 8.26. The molecule has 4 rings (SSSR count). The highest BCUT2D eigenvalue weighted by atomic mass is 19.1. The number of nitrogen functional groups attached to an aromatic ring is 1. The van der Waals surface area contributed by atoms with Gasteiger partial charge in [-0.1, -0.05) is 17.3 Å². The minimum absolute atomic E-state index is 0.351. The number of nitrogens with two attached hydrogens (primary N) is 1. The van der Waals surface area contributed by atoms with E-state index in [9.17, 15) is 4.39 Å². The van der Waals surface area contributed by atoms with E-state index >= 15 is 0 Å². The van der Waals surface area contributed by atoms with Crippen molar-refractivity contribution >= 4 is 16.9 Å². The first kappa shape index (κ1) is 13.4. The lowest BCUT2D eigenvalue weighted by atomic mass is 10.3. The van der Waals surface area contributed by atoms with Crippen LogP contribution in [0.4, 0.5) is 10.2 Å². The molecule has 0 unspecified atom stereocenters. The number of fused-ring (bicyclic) bond motifs is 1. The molecule has 3 aromatic heterocycles. The summed E-state index contributed by atoms with van der Waals surface area (Å²) >= 11 is 0. The van der Waals surface area contributed by atoms with E-state index in [4.69, 9.17) is 5.73 Å². The molecule has 114 valence electrons. The van der Waals surface area contributed by atoms with Crippen molar-refractivity contribution < 1.29 is 4.39 Å². The van der Waals surface area contributed by atoms with Gasteiger partial charge in [0.2, 0.25) is 0 Å². The molecule has 4 aromatic rings. The predicted molar refractivity (Wildman–Crippen MR) is 82.4 cm³/mol. The average Bonchev–Trinajstić information content (AvgIpc) is 3.17. The first-order chi connectivity index (χ1) is 11.2. The number of hydrogen-bond donors (Lipinski definition) is 1. The Labute approximate surface area is 130 Å². The van der Waals surface area contributed by atoms with Gasteiger partial charge in [-0.25, -0.2) is 19.0 Å². The summed E-state index contributed by atoms with van der Waals surface area (Å²) in [4.78, 5) is 8.19. The number of para-hydroxylation sites is 1. The molecule has 23 heavy (non-hydrogen) atoms. The van der Waals surface area contributed by atoms with Gasteiger partial charge in [0.05, 0.1) is 18.1 Å². The molecule has 0 radical (unpaired) electrons. The van der Waals surface area contributed by atoms with Crippen LogP contribution >= 0.6 is 0 Å². The highest BCUT2D eigenvalue weighted by Crippen LogP contribution is 2.18. The van der Waals surface area contributed by atoms with Gasteiger partial charge in [0.25, 0.3) is 0 Å². The zero-order chi connectivity index (χ0) is 15.8. The number of nitrogens with zero attached hydrogens (tertiary/aromatic N) is 6. The summed E-state index contributed by atoms with van der Waals surface area (Å²) < 4.78 is 17.1. The molecule has 0 saturated heterocycles. The van der Waals surface area contributed by atoms with Gasteiger partial charge in [0, 0.05) is 6.20 Å². The average molecular weight is 309 g/mol. The van der Waals surface area contributed by atoms with Crippen LogP contribution in [0.2, 0.25) is 0 Å². The van der Waals surface area contributed by atoms with Crippen molar-refractivity contribution in [2.45, 2.75) is 6.54 Å². The molecule has 0 fully saturated rings. The van der Waals surface area contributed by atoms with E-state index < -0.39 is 0 Å². The summed E-state index contributed by atoms with van der Waals surface area (Å²) in [5, 5.41) is 8.86. The molecular weight excluding hydrogens is 297 g/mol. The topological polar surface area (TPSA) is 87.4 Å². The number of rotatable bonds is 3. The van der Waals surface area contributed by atoms with Crippen LogP contribution in [0.25, 0.3) is 16.7 Å². The van der Waals surface area contributed by atoms with Crippen molar-refractivity contribution in [3.8, 4) is 5.69 Å². The molecule has 1 aromatic carbocycles. The van der Waals surface area contributed by atoms with Crippen LogP contribution in [-0.2, 0) is 6.54 Å². The Morgan fingerprint density at radius 3 is 2.87 bits per heavy atom. The molecule has 0 atom stereocenters. The molecule has 2 N–H and O–H groups in total. The summed E-state index contributed by atoms with van der Waals surface area (Å²) in [5.74, 6) is 0.0830. The number of aromatic nitrogens is 6. The van der Waals surface area contributed by atoms with Crippen molar-refractivity contribution in [1.29, 1.82) is 0 Å². The van der Waals surface area contributed by atoms with Gasteiger partial charge in [-0.05, 0) is 18.2 Å². The second kappa shape index (κ2) is 5.16. The van der Waals surface area contributed by atoms with E-state index in [1.54, 1.807) is 24.4 Å². The van der Waals surface area contributed by atoms with Crippen LogP contribution in [0.15, 0.2) is 49.1 Å². The van der Waals surface area contributed by atoms with Crippen molar-refractivity contribution in [2.75, 3.05) is 5.73 Å². The van der Waals surface area contributed by atoms with Gasteiger partial charge in [-0.15, -0.1) is 5.10 Å². The number of halogens is 1. The highest BCUT2D eigenvalue weighted by molar-refractivity contribution is 5.85. The van der Waals surface area contributed by atoms with E-state index in [0.29, 0.717) is 23.7 Å². The van der Waals surface area contributed by atoms with Gasteiger partial charge < -0.3 is 10.3 Å². The Bertz CT molecular complexity index is 988. The summed E-state index contributed by atoms with van der Waals surface area (Å²) in [5.41, 5.74) is 7.58. The Balaban J connectivity index is 1.67. The first-order valence-electron chi connectivity index (χ1n) is 6.94. The zero-order valence-corrected chi connectivity index (χ0v) is 12.0. The Morgan fingerprint density at radius 2 is 2.00 bits per heavy atom. The fraction of sp³-hybridized carbons (Fsp3) is 0.0667. The Hall–Kier alpha value is -3.29. The van der Waals surface area contributed by atoms with E-state index in [-0.39, 0.29) is 5.82 Å². The second-order valence-electron chi connectivity index (χ2n) is 5.05. The first-order valence-corrected chi connectivity index (χ1v) is 6.94. The minimum atomic E-state index is -0.351. The van der Waals surface area contributed by atoms with Gasteiger partial charge in [0.1, 0.15) is 35.0 Å². The molecule has 0 bridgehead atoms. The van der Waals surface area contributed by atoms with Crippen molar-refractivity contribution in [2.24, 2.45) is 0 Å². The standard InChI is InChI=1S/C15H12FN7/c16-12-3-1-2-4-13(12)23-8-10(20-21-23)7-22-6-5-11-14(17)18-9-19-15(11)22/h1-6,8-9H,7H2,(H2,17,18,19). The lowest BCUT2D eigenvalue weighted by Crippen LogP contribution is -2.01. The molecule has 8 heteroatoms. The van der Waals surface area contributed by atoms with Crippen LogP contribution in [0, 0.1) is 5.82 Å². The van der Waals surface area contributed by atoms with E-state index in [1.807, 2.05) is 16.8 Å². The molecule has 7 nitrogen and oxygen atoms in total. The second-order valence-corrected chi connectivity index (χ2v) is 5.05. The van der Waals surface area contributed by atoms with E-state index in [2.05, 4.69) is 20.3 Å². The maximum Gasteiger partial charge on any atom is 0.148 e. The van der Waals surface area contributed by atoms with Crippen LogP contribution in [0.1, 0.15) is 5.69 Å². The van der Waals surface area contributed by atoms with Gasteiger partial charge in [-0.3, -0.25) is 0 Å². The quantitative estimate of drug-likeness (QED) is 0.623. The van der Waals surface area contributed by atoms with Gasteiger partial charge in [-0.2, -0.15) is 0 Å². The molecule has 0 aliphatic rings. The maximum absolute atomic E-state index is 13.8. The van der Waals surface area contributed by atoms with Crippen LogP contribution < -0.4 is 5.73 Å². The number of benzene rings is 1. The summed E-state index contributed by atoms with van der Waals surface area (Å²) in [6.45, 7) is 0.453. The molecule has 0 aliphatic carbocycles. The van der Waals surface area contributed by atoms with E-state index in [1.165, 1.54) is 17.1 Å². The third-order valence-electron chi connectivity index (χ3n) is 3.56. The van der Waals surface area contributed by atoms with Crippen LogP contribution in [0.3, 0.4) is 0 Å². The van der Waals surface area contributed by atoms with Gasteiger partial charge in [0.15, 0.2) is 0 Å². The molecular formula is C15H12FN7. The summed E-state index contributed by atoms with van der Waals surface area (Å²) in [7, 11) is 0. The van der Waals surface area contributed by atoms with E-state index in [0.717, 1.165) is 11.0 Å². The maximum atomic E-state index is 13.8. The smallest absolute Gasteiger partial charge is 0.148 e. The largest absolute Gasteiger partial charge is 0.383 e. The van der Waals surface area contributed by atoms with Crippen molar-refractivity contribution in [3.63, 3.8) is 0 Å².